The summed E-state index contributed by atoms with van der Waals surface area (Å²) in [7, 11) is 1.25. The number of ether oxygens (including phenoxy) is 1. The van der Waals surface area contributed by atoms with Crippen molar-refractivity contribution in [2.75, 3.05) is 38.2 Å². The van der Waals surface area contributed by atoms with E-state index in [4.69, 9.17) is 11.6 Å². The average molecular weight is 358 g/mol. The Kier molecular flexibility index (Phi) is 5.18. The highest BCUT2D eigenvalue weighted by atomic mass is 35.5. The third kappa shape index (κ3) is 4.02. The van der Waals surface area contributed by atoms with Crippen LogP contribution in [0.25, 0.3) is 0 Å². The molecule has 22 heavy (non-hydrogen) atoms. The van der Waals surface area contributed by atoms with Crippen LogP contribution in [0.5, 0.6) is 0 Å². The Morgan fingerprint density at radius 2 is 2.18 bits per heavy atom. The van der Waals surface area contributed by atoms with Crippen molar-refractivity contribution in [2.45, 2.75) is 19.1 Å². The maximum absolute atomic E-state index is 12.5. The molecule has 1 aliphatic rings. The Hall–Kier alpha value is -1.06. The zero-order valence-electron chi connectivity index (χ0n) is 12.0. The lowest BCUT2D eigenvalue weighted by atomic mass is 10.2. The number of piperazine rings is 1. The molecule has 124 valence electrons. The second kappa shape index (κ2) is 6.59. The van der Waals surface area contributed by atoms with E-state index >= 15 is 0 Å². The van der Waals surface area contributed by atoms with E-state index in [0.717, 1.165) is 11.3 Å². The zero-order valence-corrected chi connectivity index (χ0v) is 13.6. The summed E-state index contributed by atoms with van der Waals surface area (Å²) in [5, 5.41) is 0.570. The molecule has 0 aliphatic carbocycles. The van der Waals surface area contributed by atoms with Gasteiger partial charge in [0.2, 0.25) is 0 Å². The van der Waals surface area contributed by atoms with E-state index in [1.165, 1.54) is 12.0 Å². The molecule has 0 N–H and O–H groups in total. The number of methoxy groups -OCH3 is 1. The summed E-state index contributed by atoms with van der Waals surface area (Å²) >= 11 is 6.99. The van der Waals surface area contributed by atoms with Crippen molar-refractivity contribution in [1.29, 1.82) is 0 Å². The molecule has 1 unspecified atom stereocenters. The quantitative estimate of drug-likeness (QED) is 0.778. The van der Waals surface area contributed by atoms with Crippen LogP contribution in [0.1, 0.15) is 16.6 Å². The fraction of sp³-hybridized carbons (Fsp3) is 0.667. The number of hydrogen-bond acceptors (Lipinski definition) is 6. The molecule has 2 rings (SSSR count). The van der Waals surface area contributed by atoms with Gasteiger partial charge in [0.15, 0.2) is 15.2 Å². The summed E-state index contributed by atoms with van der Waals surface area (Å²) in [5.74, 6) is -0.572. The molecular formula is C12H15ClF3N3O2S. The number of anilines is 1. The number of rotatable bonds is 3. The third-order valence-electron chi connectivity index (χ3n) is 3.36. The standard InChI is InChI=1S/C12H15ClF3N3O2S/c1-7-5-18(3-4-19(7)6-12(14,15)16)11-17-9(13)8(22-11)10(20)21-2/h7H,3-6H2,1-2H3. The van der Waals surface area contributed by atoms with E-state index in [9.17, 15) is 18.0 Å². The summed E-state index contributed by atoms with van der Waals surface area (Å²) in [6, 6.07) is -0.278. The van der Waals surface area contributed by atoms with Gasteiger partial charge >= 0.3 is 12.1 Å². The molecule has 1 atom stereocenters. The first-order chi connectivity index (χ1) is 10.2. The van der Waals surface area contributed by atoms with Crippen LogP contribution >= 0.6 is 22.9 Å². The summed E-state index contributed by atoms with van der Waals surface area (Å²) in [6.45, 7) is 1.86. The van der Waals surface area contributed by atoms with Crippen LogP contribution in [-0.4, -0.2) is 61.4 Å². The van der Waals surface area contributed by atoms with Crippen molar-refractivity contribution in [3.63, 3.8) is 0 Å². The van der Waals surface area contributed by atoms with Crippen molar-refractivity contribution in [3.05, 3.63) is 10.0 Å². The van der Waals surface area contributed by atoms with E-state index in [2.05, 4.69) is 9.72 Å². The number of thiazole rings is 1. The smallest absolute Gasteiger partial charge is 0.401 e. The highest BCUT2D eigenvalue weighted by molar-refractivity contribution is 7.18. The van der Waals surface area contributed by atoms with E-state index in [0.29, 0.717) is 18.2 Å². The summed E-state index contributed by atoms with van der Waals surface area (Å²) in [6.07, 6.45) is -4.21. The molecule has 0 aromatic carbocycles. The lowest BCUT2D eigenvalue weighted by molar-refractivity contribution is -0.150. The lowest BCUT2D eigenvalue weighted by Crippen LogP contribution is -2.54. The Morgan fingerprint density at radius 3 is 2.73 bits per heavy atom. The van der Waals surface area contributed by atoms with Crippen molar-refractivity contribution in [1.82, 2.24) is 9.88 Å². The molecule has 0 spiro atoms. The molecule has 1 saturated heterocycles. The van der Waals surface area contributed by atoms with Gasteiger partial charge in [0.1, 0.15) is 0 Å². The van der Waals surface area contributed by atoms with Gasteiger partial charge in [-0.3, -0.25) is 4.90 Å². The van der Waals surface area contributed by atoms with E-state index in [1.807, 2.05) is 4.90 Å². The number of aromatic nitrogens is 1. The molecule has 2 heterocycles. The number of hydrogen-bond donors (Lipinski definition) is 0. The average Bonchev–Trinajstić information content (AvgIpc) is 2.81. The van der Waals surface area contributed by atoms with Gasteiger partial charge in [-0.1, -0.05) is 22.9 Å². The van der Waals surface area contributed by atoms with Gasteiger partial charge in [0, 0.05) is 25.7 Å². The molecule has 0 radical (unpaired) electrons. The summed E-state index contributed by atoms with van der Waals surface area (Å²) < 4.78 is 42.1. The predicted octanol–water partition coefficient (Wildman–Crippen LogP) is 2.66. The molecular weight excluding hydrogens is 343 g/mol. The fourth-order valence-electron chi connectivity index (χ4n) is 2.28. The van der Waals surface area contributed by atoms with Gasteiger partial charge in [-0.2, -0.15) is 13.2 Å². The molecule has 5 nitrogen and oxygen atoms in total. The molecule has 1 aromatic heterocycles. The van der Waals surface area contributed by atoms with Gasteiger partial charge < -0.3 is 9.64 Å². The Bertz CT molecular complexity index is 552. The minimum atomic E-state index is -4.21. The number of carbonyl (C=O) groups is 1. The van der Waals surface area contributed by atoms with Crippen LogP contribution in [0.2, 0.25) is 5.15 Å². The first kappa shape index (κ1) is 17.3. The Labute approximate surface area is 134 Å². The second-order valence-electron chi connectivity index (χ2n) is 4.99. The number of nitrogens with zero attached hydrogens (tertiary/aromatic N) is 3. The highest BCUT2D eigenvalue weighted by Crippen LogP contribution is 2.32. The van der Waals surface area contributed by atoms with Crippen molar-refractivity contribution in [2.24, 2.45) is 0 Å². The minimum Gasteiger partial charge on any atom is -0.465 e. The summed E-state index contributed by atoms with van der Waals surface area (Å²) in [4.78, 5) is 19.0. The van der Waals surface area contributed by atoms with Gasteiger partial charge in [0.25, 0.3) is 0 Å². The molecule has 0 saturated carbocycles. The zero-order chi connectivity index (χ0) is 16.5. The van der Waals surface area contributed by atoms with Crippen molar-refractivity contribution < 1.29 is 22.7 Å². The fourth-order valence-corrected chi connectivity index (χ4v) is 3.51. The summed E-state index contributed by atoms with van der Waals surface area (Å²) in [5.41, 5.74) is 0. The van der Waals surface area contributed by atoms with E-state index in [-0.39, 0.29) is 22.6 Å². The lowest BCUT2D eigenvalue weighted by Gasteiger charge is -2.39. The van der Waals surface area contributed by atoms with Crippen LogP contribution in [0, 0.1) is 0 Å². The van der Waals surface area contributed by atoms with Gasteiger partial charge in [-0.25, -0.2) is 9.78 Å². The minimum absolute atomic E-state index is 0.0530. The van der Waals surface area contributed by atoms with Crippen LogP contribution in [-0.2, 0) is 4.74 Å². The van der Waals surface area contributed by atoms with Gasteiger partial charge in [-0.05, 0) is 6.92 Å². The Balaban J connectivity index is 2.06. The van der Waals surface area contributed by atoms with Crippen LogP contribution in [0.3, 0.4) is 0 Å². The molecule has 1 aliphatic heterocycles. The first-order valence-electron chi connectivity index (χ1n) is 6.51. The monoisotopic (exact) mass is 357 g/mol. The number of esters is 1. The SMILES string of the molecule is COC(=O)c1sc(N2CCN(CC(F)(F)F)C(C)C2)nc1Cl. The van der Waals surface area contributed by atoms with Gasteiger partial charge in [0.05, 0.1) is 13.7 Å². The molecule has 0 amide bonds. The predicted molar refractivity (Wildman–Crippen MR) is 77.8 cm³/mol. The maximum Gasteiger partial charge on any atom is 0.401 e. The van der Waals surface area contributed by atoms with Crippen LogP contribution in [0.15, 0.2) is 0 Å². The molecule has 1 aromatic rings. The first-order valence-corrected chi connectivity index (χ1v) is 7.71. The number of carbonyl (C=O) groups excluding carboxylic acids is 1. The normalized spacial score (nSPS) is 20.3. The topological polar surface area (TPSA) is 45.7 Å². The Morgan fingerprint density at radius 1 is 1.50 bits per heavy atom. The second-order valence-corrected chi connectivity index (χ2v) is 6.32. The molecule has 1 fully saturated rings. The van der Waals surface area contributed by atoms with Crippen molar-refractivity contribution in [3.8, 4) is 0 Å². The maximum atomic E-state index is 12.5. The van der Waals surface area contributed by atoms with E-state index in [1.54, 1.807) is 6.92 Å². The largest absolute Gasteiger partial charge is 0.465 e. The number of alkyl halides is 3. The van der Waals surface area contributed by atoms with Crippen molar-refractivity contribution >= 4 is 34.0 Å². The van der Waals surface area contributed by atoms with Crippen LogP contribution in [0.4, 0.5) is 18.3 Å². The van der Waals surface area contributed by atoms with Gasteiger partial charge in [-0.15, -0.1) is 0 Å². The van der Waals surface area contributed by atoms with Crippen LogP contribution < -0.4 is 4.90 Å². The molecule has 0 bridgehead atoms. The van der Waals surface area contributed by atoms with E-state index < -0.39 is 18.7 Å². The number of halogens is 4. The highest BCUT2D eigenvalue weighted by Gasteiger charge is 2.35. The molecule has 10 heteroatoms. The third-order valence-corrected chi connectivity index (χ3v) is 4.85.